The molecule has 0 aliphatic rings. The van der Waals surface area contributed by atoms with Crippen molar-refractivity contribution in [3.63, 3.8) is 0 Å². The fourth-order valence-electron chi connectivity index (χ4n) is 2.09. The predicted molar refractivity (Wildman–Crippen MR) is 88.5 cm³/mol. The fourth-order valence-corrected chi connectivity index (χ4v) is 4.16. The molecule has 1 unspecified atom stereocenters. The van der Waals surface area contributed by atoms with Crippen molar-refractivity contribution in [3.05, 3.63) is 70.9 Å². The van der Waals surface area contributed by atoms with Crippen LogP contribution in [0.1, 0.15) is 20.5 Å². The molecule has 6 heteroatoms. The van der Waals surface area contributed by atoms with Crippen molar-refractivity contribution in [2.75, 3.05) is 0 Å². The lowest BCUT2D eigenvalue weighted by Gasteiger charge is -2.16. The SMILES string of the molecule is O=C(O)c1ccc(SC(Cn2ccnc2)c2cccs2)cc1. The van der Waals surface area contributed by atoms with Crippen LogP contribution in [0.5, 0.6) is 0 Å². The van der Waals surface area contributed by atoms with Gasteiger partial charge in [-0.1, -0.05) is 6.07 Å². The molecule has 0 radical (unpaired) electrons. The topological polar surface area (TPSA) is 55.1 Å². The van der Waals surface area contributed by atoms with Crippen molar-refractivity contribution < 1.29 is 9.90 Å². The summed E-state index contributed by atoms with van der Waals surface area (Å²) in [5, 5.41) is 11.3. The third kappa shape index (κ3) is 3.58. The summed E-state index contributed by atoms with van der Waals surface area (Å²) in [5.41, 5.74) is 0.312. The molecule has 0 fully saturated rings. The van der Waals surface area contributed by atoms with E-state index in [0.717, 1.165) is 11.4 Å². The molecule has 0 saturated heterocycles. The number of nitrogens with zero attached hydrogens (tertiary/aromatic N) is 2. The summed E-state index contributed by atoms with van der Waals surface area (Å²) in [4.78, 5) is 17.4. The first-order chi connectivity index (χ1) is 10.7. The third-order valence-electron chi connectivity index (χ3n) is 3.18. The molecule has 1 N–H and O–H groups in total. The van der Waals surface area contributed by atoms with Gasteiger partial charge in [0, 0.05) is 28.7 Å². The molecule has 0 aliphatic carbocycles. The Labute approximate surface area is 136 Å². The van der Waals surface area contributed by atoms with Crippen molar-refractivity contribution >= 4 is 29.1 Å². The minimum atomic E-state index is -0.898. The Kier molecular flexibility index (Phi) is 4.60. The Morgan fingerprint density at radius 2 is 2.14 bits per heavy atom. The van der Waals surface area contributed by atoms with Crippen molar-refractivity contribution in [2.24, 2.45) is 0 Å². The molecule has 1 atom stereocenters. The highest BCUT2D eigenvalue weighted by Crippen LogP contribution is 2.38. The Balaban J connectivity index is 1.79. The average Bonchev–Trinajstić information content (AvgIpc) is 3.20. The van der Waals surface area contributed by atoms with Gasteiger partial charge in [-0.2, -0.15) is 0 Å². The Bertz CT molecular complexity index is 722. The van der Waals surface area contributed by atoms with Gasteiger partial charge in [0.05, 0.1) is 17.1 Å². The lowest BCUT2D eigenvalue weighted by atomic mass is 10.2. The van der Waals surface area contributed by atoms with Crippen LogP contribution in [-0.4, -0.2) is 20.6 Å². The number of hydrogen-bond donors (Lipinski definition) is 1. The minimum absolute atomic E-state index is 0.268. The third-order valence-corrected chi connectivity index (χ3v) is 5.54. The monoisotopic (exact) mass is 330 g/mol. The van der Waals surface area contributed by atoms with Crippen molar-refractivity contribution in [1.29, 1.82) is 0 Å². The van der Waals surface area contributed by atoms with Gasteiger partial charge in [-0.3, -0.25) is 0 Å². The van der Waals surface area contributed by atoms with E-state index < -0.39 is 5.97 Å². The first-order valence-corrected chi connectivity index (χ1v) is 8.47. The van der Waals surface area contributed by atoms with Gasteiger partial charge in [-0.25, -0.2) is 9.78 Å². The lowest BCUT2D eigenvalue weighted by molar-refractivity contribution is 0.0697. The summed E-state index contributed by atoms with van der Waals surface area (Å²) >= 11 is 3.47. The second kappa shape index (κ2) is 6.81. The molecule has 1 aromatic carbocycles. The maximum atomic E-state index is 10.9. The number of rotatable bonds is 6. The molecular formula is C16H14N2O2S2. The van der Waals surface area contributed by atoms with Crippen molar-refractivity contribution in [3.8, 4) is 0 Å². The number of imidazole rings is 1. The van der Waals surface area contributed by atoms with Gasteiger partial charge in [-0.15, -0.1) is 23.1 Å². The van der Waals surface area contributed by atoms with E-state index in [1.807, 2.05) is 24.7 Å². The zero-order valence-electron chi connectivity index (χ0n) is 11.6. The maximum absolute atomic E-state index is 10.9. The van der Waals surface area contributed by atoms with Gasteiger partial charge in [0.15, 0.2) is 0 Å². The summed E-state index contributed by atoms with van der Waals surface area (Å²) in [5.74, 6) is -0.898. The van der Waals surface area contributed by atoms with E-state index in [0.29, 0.717) is 5.56 Å². The quantitative estimate of drug-likeness (QED) is 0.689. The van der Waals surface area contributed by atoms with Gasteiger partial charge >= 0.3 is 5.97 Å². The standard InChI is InChI=1S/C16H14N2O2S2/c19-16(20)12-3-5-13(6-4-12)22-15(14-2-1-9-21-14)10-18-8-7-17-11-18/h1-9,11,15H,10H2,(H,19,20). The van der Waals surface area contributed by atoms with Gasteiger partial charge < -0.3 is 9.67 Å². The zero-order valence-corrected chi connectivity index (χ0v) is 13.3. The molecule has 112 valence electrons. The number of carboxylic acid groups (broad SMARTS) is 1. The molecule has 4 nitrogen and oxygen atoms in total. The number of thiophene rings is 1. The van der Waals surface area contributed by atoms with Gasteiger partial charge in [0.25, 0.3) is 0 Å². The number of thioether (sulfide) groups is 1. The largest absolute Gasteiger partial charge is 0.478 e. The number of benzene rings is 1. The molecule has 3 aromatic rings. The van der Waals surface area contributed by atoms with E-state index in [1.54, 1.807) is 41.4 Å². The van der Waals surface area contributed by atoms with E-state index in [4.69, 9.17) is 5.11 Å². The highest BCUT2D eigenvalue weighted by atomic mass is 32.2. The molecule has 0 amide bonds. The van der Waals surface area contributed by atoms with Gasteiger partial charge in [0.1, 0.15) is 0 Å². The number of carboxylic acids is 1. The normalized spacial score (nSPS) is 12.2. The average molecular weight is 330 g/mol. The summed E-state index contributed by atoms with van der Waals surface area (Å²) in [6, 6.07) is 11.2. The van der Waals surface area contributed by atoms with Crippen molar-refractivity contribution in [1.82, 2.24) is 9.55 Å². The molecule has 2 aromatic heterocycles. The van der Waals surface area contributed by atoms with Gasteiger partial charge in [0.2, 0.25) is 0 Å². The Morgan fingerprint density at radius 1 is 1.32 bits per heavy atom. The number of carbonyl (C=O) groups is 1. The Morgan fingerprint density at radius 3 is 2.73 bits per heavy atom. The van der Waals surface area contributed by atoms with E-state index in [2.05, 4.69) is 27.1 Å². The first kappa shape index (κ1) is 14.9. The number of aromatic nitrogens is 2. The van der Waals surface area contributed by atoms with Crippen LogP contribution in [0.3, 0.4) is 0 Å². The Hall–Kier alpha value is -2.05. The van der Waals surface area contributed by atoms with E-state index in [1.165, 1.54) is 4.88 Å². The van der Waals surface area contributed by atoms with Crippen LogP contribution in [-0.2, 0) is 6.54 Å². The fraction of sp³-hybridized carbons (Fsp3) is 0.125. The molecule has 0 saturated carbocycles. The number of aromatic carboxylic acids is 1. The zero-order chi connectivity index (χ0) is 15.4. The van der Waals surface area contributed by atoms with Crippen LogP contribution < -0.4 is 0 Å². The second-order valence-electron chi connectivity index (χ2n) is 4.71. The molecule has 0 bridgehead atoms. The first-order valence-electron chi connectivity index (χ1n) is 6.71. The smallest absolute Gasteiger partial charge is 0.335 e. The van der Waals surface area contributed by atoms with Gasteiger partial charge in [-0.05, 0) is 35.7 Å². The van der Waals surface area contributed by atoms with Crippen LogP contribution in [0, 0.1) is 0 Å². The van der Waals surface area contributed by atoms with E-state index in [-0.39, 0.29) is 5.25 Å². The molecule has 0 spiro atoms. The van der Waals surface area contributed by atoms with Crippen LogP contribution in [0.2, 0.25) is 0 Å². The summed E-state index contributed by atoms with van der Waals surface area (Å²) in [7, 11) is 0. The van der Waals surface area contributed by atoms with E-state index in [9.17, 15) is 4.79 Å². The highest BCUT2D eigenvalue weighted by Gasteiger charge is 2.15. The molecule has 22 heavy (non-hydrogen) atoms. The molecule has 0 aliphatic heterocycles. The molecular weight excluding hydrogens is 316 g/mol. The minimum Gasteiger partial charge on any atom is -0.478 e. The summed E-state index contributed by atoms with van der Waals surface area (Å²) < 4.78 is 2.06. The van der Waals surface area contributed by atoms with Crippen molar-refractivity contribution in [2.45, 2.75) is 16.7 Å². The van der Waals surface area contributed by atoms with Crippen LogP contribution in [0.15, 0.2) is 65.4 Å². The summed E-state index contributed by atoms with van der Waals surface area (Å²) in [6.07, 6.45) is 5.54. The maximum Gasteiger partial charge on any atom is 0.335 e. The van der Waals surface area contributed by atoms with Crippen LogP contribution in [0.25, 0.3) is 0 Å². The number of hydrogen-bond acceptors (Lipinski definition) is 4. The highest BCUT2D eigenvalue weighted by molar-refractivity contribution is 7.99. The van der Waals surface area contributed by atoms with Crippen LogP contribution in [0.4, 0.5) is 0 Å². The predicted octanol–water partition coefficient (Wildman–Crippen LogP) is 4.18. The second-order valence-corrected chi connectivity index (χ2v) is 6.97. The van der Waals surface area contributed by atoms with Crippen LogP contribution >= 0.6 is 23.1 Å². The molecule has 3 rings (SSSR count). The van der Waals surface area contributed by atoms with E-state index >= 15 is 0 Å². The lowest BCUT2D eigenvalue weighted by Crippen LogP contribution is -2.03. The summed E-state index contributed by atoms with van der Waals surface area (Å²) in [6.45, 7) is 0.825. The molecule has 2 heterocycles.